The Morgan fingerprint density at radius 2 is 1.62 bits per heavy atom. The fourth-order valence-corrected chi connectivity index (χ4v) is 3.72. The number of hydrogen-bond acceptors (Lipinski definition) is 4. The van der Waals surface area contributed by atoms with Crippen molar-refractivity contribution in [2.24, 2.45) is 0 Å². The Morgan fingerprint density at radius 3 is 2.21 bits per heavy atom. The molecule has 29 heavy (non-hydrogen) atoms. The number of nitrogens with one attached hydrogen (secondary N) is 1. The average molecular weight is 389 g/mol. The van der Waals surface area contributed by atoms with Gasteiger partial charge in [-0.3, -0.25) is 14.8 Å². The topological polar surface area (TPSA) is 75.3 Å². The van der Waals surface area contributed by atoms with Gasteiger partial charge in [0.25, 0.3) is 5.91 Å². The summed E-state index contributed by atoms with van der Waals surface area (Å²) in [6.07, 6.45) is 3.14. The van der Waals surface area contributed by atoms with Gasteiger partial charge in [-0.05, 0) is 42.0 Å². The highest BCUT2D eigenvalue weighted by Gasteiger charge is 2.27. The van der Waals surface area contributed by atoms with E-state index in [4.69, 9.17) is 4.74 Å². The van der Waals surface area contributed by atoms with Crippen LogP contribution >= 0.6 is 0 Å². The largest absolute Gasteiger partial charge is 0.452 e. The summed E-state index contributed by atoms with van der Waals surface area (Å²) in [6.45, 7) is 3.57. The SMILES string of the molecule is CC(C)c1[nH]ncc1C(=O)OCC(=O)N1c2ccccc2CCc2ccccc21. The van der Waals surface area contributed by atoms with Gasteiger partial charge in [-0.25, -0.2) is 4.79 Å². The average Bonchev–Trinajstić information content (AvgIpc) is 3.16. The lowest BCUT2D eigenvalue weighted by atomic mass is 10.0. The smallest absolute Gasteiger partial charge is 0.342 e. The van der Waals surface area contributed by atoms with Crippen LogP contribution in [0.25, 0.3) is 0 Å². The van der Waals surface area contributed by atoms with Gasteiger partial charge in [-0.15, -0.1) is 0 Å². The van der Waals surface area contributed by atoms with Gasteiger partial charge in [0, 0.05) is 0 Å². The molecule has 1 amide bonds. The highest BCUT2D eigenvalue weighted by molar-refractivity contribution is 6.04. The predicted molar refractivity (Wildman–Crippen MR) is 110 cm³/mol. The molecule has 2 heterocycles. The van der Waals surface area contributed by atoms with Gasteiger partial charge < -0.3 is 4.74 Å². The van der Waals surface area contributed by atoms with Crippen LogP contribution in [0.2, 0.25) is 0 Å². The Labute approximate surface area is 169 Å². The van der Waals surface area contributed by atoms with Crippen molar-refractivity contribution in [3.05, 3.63) is 77.1 Å². The molecular formula is C23H23N3O3. The van der Waals surface area contributed by atoms with E-state index in [0.717, 1.165) is 35.3 Å². The van der Waals surface area contributed by atoms with Crippen LogP contribution in [0.5, 0.6) is 0 Å². The fraction of sp³-hybridized carbons (Fsp3) is 0.261. The molecule has 0 unspecified atom stereocenters. The van der Waals surface area contributed by atoms with E-state index in [2.05, 4.69) is 10.2 Å². The first-order valence-electron chi connectivity index (χ1n) is 9.75. The Morgan fingerprint density at radius 1 is 1.03 bits per heavy atom. The molecule has 6 nitrogen and oxygen atoms in total. The summed E-state index contributed by atoms with van der Waals surface area (Å²) in [6, 6.07) is 15.7. The molecule has 0 aliphatic carbocycles. The van der Waals surface area contributed by atoms with Crippen LogP contribution in [0.3, 0.4) is 0 Å². The highest BCUT2D eigenvalue weighted by atomic mass is 16.5. The van der Waals surface area contributed by atoms with Gasteiger partial charge in [-0.2, -0.15) is 5.10 Å². The first-order chi connectivity index (χ1) is 14.1. The molecule has 1 aliphatic heterocycles. The number of benzene rings is 2. The molecule has 0 radical (unpaired) electrons. The Kier molecular flexibility index (Phi) is 5.16. The summed E-state index contributed by atoms with van der Waals surface area (Å²) in [5, 5.41) is 6.76. The molecule has 0 spiro atoms. The lowest BCUT2D eigenvalue weighted by Gasteiger charge is -2.24. The number of rotatable bonds is 4. The zero-order valence-corrected chi connectivity index (χ0v) is 16.5. The number of aromatic amines is 1. The van der Waals surface area contributed by atoms with Crippen LogP contribution in [-0.4, -0.2) is 28.7 Å². The second kappa shape index (κ2) is 7.91. The van der Waals surface area contributed by atoms with Crippen LogP contribution in [0.1, 0.15) is 46.9 Å². The number of esters is 1. The van der Waals surface area contributed by atoms with E-state index >= 15 is 0 Å². The molecule has 148 valence electrons. The number of aryl methyl sites for hydroxylation is 2. The number of carbonyl (C=O) groups is 2. The number of para-hydroxylation sites is 2. The molecule has 1 aromatic heterocycles. The zero-order chi connectivity index (χ0) is 20.4. The van der Waals surface area contributed by atoms with Gasteiger partial charge in [0.15, 0.2) is 6.61 Å². The quantitative estimate of drug-likeness (QED) is 0.680. The summed E-state index contributed by atoms with van der Waals surface area (Å²) in [5.41, 5.74) is 4.94. The third kappa shape index (κ3) is 3.66. The number of carbonyl (C=O) groups excluding carboxylic acids is 2. The van der Waals surface area contributed by atoms with E-state index in [1.807, 2.05) is 62.4 Å². The Hall–Kier alpha value is -3.41. The molecule has 0 bridgehead atoms. The predicted octanol–water partition coefficient (Wildman–Crippen LogP) is 4.15. The van der Waals surface area contributed by atoms with E-state index in [1.54, 1.807) is 4.90 Å². The number of H-pyrrole nitrogens is 1. The lowest BCUT2D eigenvalue weighted by molar-refractivity contribution is -0.120. The van der Waals surface area contributed by atoms with Gasteiger partial charge in [-0.1, -0.05) is 50.2 Å². The maximum absolute atomic E-state index is 13.2. The molecule has 0 saturated heterocycles. The van der Waals surface area contributed by atoms with E-state index in [9.17, 15) is 9.59 Å². The van der Waals surface area contributed by atoms with Crippen LogP contribution in [0.4, 0.5) is 11.4 Å². The molecule has 1 aliphatic rings. The normalized spacial score (nSPS) is 12.9. The molecular weight excluding hydrogens is 366 g/mol. The minimum absolute atomic E-state index is 0.0973. The molecule has 0 atom stereocenters. The van der Waals surface area contributed by atoms with Crippen LogP contribution in [-0.2, 0) is 22.4 Å². The van der Waals surface area contributed by atoms with Crippen molar-refractivity contribution < 1.29 is 14.3 Å². The second-order valence-corrected chi connectivity index (χ2v) is 7.41. The van der Waals surface area contributed by atoms with E-state index < -0.39 is 5.97 Å². The number of fused-ring (bicyclic) bond motifs is 2. The molecule has 0 fully saturated rings. The first kappa shape index (κ1) is 18.9. The molecule has 2 aromatic carbocycles. The Bertz CT molecular complexity index is 1010. The maximum Gasteiger partial charge on any atom is 0.342 e. The number of ether oxygens (including phenoxy) is 1. The second-order valence-electron chi connectivity index (χ2n) is 7.41. The van der Waals surface area contributed by atoms with E-state index in [1.165, 1.54) is 6.20 Å². The minimum atomic E-state index is -0.549. The summed E-state index contributed by atoms with van der Waals surface area (Å²) >= 11 is 0. The van der Waals surface area contributed by atoms with Crippen LogP contribution < -0.4 is 4.90 Å². The van der Waals surface area contributed by atoms with Crippen LogP contribution in [0.15, 0.2) is 54.7 Å². The highest BCUT2D eigenvalue weighted by Crippen LogP contribution is 2.36. The van der Waals surface area contributed by atoms with Crippen molar-refractivity contribution in [1.82, 2.24) is 10.2 Å². The third-order valence-corrected chi connectivity index (χ3v) is 5.17. The summed E-state index contributed by atoms with van der Waals surface area (Å²) in [5.74, 6) is -0.734. The number of hydrogen-bond donors (Lipinski definition) is 1. The van der Waals surface area contributed by atoms with Gasteiger partial charge in [0.1, 0.15) is 5.56 Å². The number of aromatic nitrogens is 2. The zero-order valence-electron chi connectivity index (χ0n) is 16.5. The van der Waals surface area contributed by atoms with Crippen molar-refractivity contribution in [2.75, 3.05) is 11.5 Å². The molecule has 1 N–H and O–H groups in total. The maximum atomic E-state index is 13.2. The standard InChI is InChI=1S/C23H23N3O3/c1-15(2)22-18(13-24-25-22)23(28)29-14-21(27)26-19-9-5-3-7-16(19)11-12-17-8-4-6-10-20(17)26/h3-10,13,15H,11-12,14H2,1-2H3,(H,24,25). The van der Waals surface area contributed by atoms with Crippen molar-refractivity contribution in [2.45, 2.75) is 32.6 Å². The van der Waals surface area contributed by atoms with Crippen LogP contribution in [0, 0.1) is 0 Å². The van der Waals surface area contributed by atoms with Gasteiger partial charge in [0.05, 0.1) is 23.3 Å². The fourth-order valence-electron chi connectivity index (χ4n) is 3.72. The van der Waals surface area contributed by atoms with E-state index in [-0.39, 0.29) is 18.4 Å². The molecule has 6 heteroatoms. The lowest BCUT2D eigenvalue weighted by Crippen LogP contribution is -2.31. The first-order valence-corrected chi connectivity index (χ1v) is 9.75. The summed E-state index contributed by atoms with van der Waals surface area (Å²) < 4.78 is 5.37. The monoisotopic (exact) mass is 389 g/mol. The number of nitrogens with zero attached hydrogens (tertiary/aromatic N) is 2. The van der Waals surface area contributed by atoms with Crippen molar-refractivity contribution in [3.8, 4) is 0 Å². The van der Waals surface area contributed by atoms with Crippen molar-refractivity contribution >= 4 is 23.3 Å². The third-order valence-electron chi connectivity index (χ3n) is 5.17. The Balaban J connectivity index is 1.60. The number of anilines is 2. The minimum Gasteiger partial charge on any atom is -0.452 e. The summed E-state index contributed by atoms with van der Waals surface area (Å²) in [7, 11) is 0. The molecule has 4 rings (SSSR count). The summed E-state index contributed by atoms with van der Waals surface area (Å²) in [4.78, 5) is 27.4. The number of amides is 1. The van der Waals surface area contributed by atoms with E-state index in [0.29, 0.717) is 11.3 Å². The van der Waals surface area contributed by atoms with Gasteiger partial charge in [0.2, 0.25) is 0 Å². The van der Waals surface area contributed by atoms with Crippen molar-refractivity contribution in [1.29, 1.82) is 0 Å². The molecule has 0 saturated carbocycles. The molecule has 3 aromatic rings. The van der Waals surface area contributed by atoms with Gasteiger partial charge >= 0.3 is 5.97 Å². The van der Waals surface area contributed by atoms with Crippen molar-refractivity contribution in [3.63, 3.8) is 0 Å².